The summed E-state index contributed by atoms with van der Waals surface area (Å²) in [6, 6.07) is 5.81. The molecule has 2 N–H and O–H groups in total. The fraction of sp³-hybridized carbons (Fsp3) is 0.353. The molecule has 0 unspecified atom stereocenters. The molecule has 3 rings (SSSR count). The lowest BCUT2D eigenvalue weighted by Gasteiger charge is -2.33. The van der Waals surface area contributed by atoms with Gasteiger partial charge in [0.25, 0.3) is 5.91 Å². The Balaban J connectivity index is 1.81. The van der Waals surface area contributed by atoms with Crippen molar-refractivity contribution >= 4 is 11.9 Å². The summed E-state index contributed by atoms with van der Waals surface area (Å²) in [7, 11) is 0. The SMILES string of the molecule is O=C(NC1(C(=O)O)CCOCC1)c1ccn(-c2cccc(C(F)(F)F)c2)n1. The van der Waals surface area contributed by atoms with Crippen molar-refractivity contribution in [3.63, 3.8) is 0 Å². The van der Waals surface area contributed by atoms with E-state index < -0.39 is 29.2 Å². The molecule has 0 radical (unpaired) electrons. The van der Waals surface area contributed by atoms with E-state index in [2.05, 4.69) is 10.4 Å². The number of hydrogen-bond acceptors (Lipinski definition) is 4. The van der Waals surface area contributed by atoms with Crippen molar-refractivity contribution in [2.75, 3.05) is 13.2 Å². The van der Waals surface area contributed by atoms with E-state index in [-0.39, 0.29) is 37.4 Å². The molecule has 1 fully saturated rings. The summed E-state index contributed by atoms with van der Waals surface area (Å²) < 4.78 is 44.8. The summed E-state index contributed by atoms with van der Waals surface area (Å²) >= 11 is 0. The third-order valence-corrected chi connectivity index (χ3v) is 4.37. The van der Waals surface area contributed by atoms with Crippen LogP contribution < -0.4 is 5.32 Å². The van der Waals surface area contributed by atoms with Gasteiger partial charge in [-0.1, -0.05) is 6.07 Å². The fourth-order valence-electron chi connectivity index (χ4n) is 2.81. The second-order valence-electron chi connectivity index (χ2n) is 6.15. The van der Waals surface area contributed by atoms with Crippen molar-refractivity contribution in [1.82, 2.24) is 15.1 Å². The van der Waals surface area contributed by atoms with E-state index in [9.17, 15) is 27.9 Å². The Kier molecular flexibility index (Phi) is 4.92. The van der Waals surface area contributed by atoms with Gasteiger partial charge in [-0.25, -0.2) is 9.48 Å². The van der Waals surface area contributed by atoms with Crippen LogP contribution in [0.5, 0.6) is 0 Å². The topological polar surface area (TPSA) is 93.5 Å². The van der Waals surface area contributed by atoms with Gasteiger partial charge < -0.3 is 15.2 Å². The van der Waals surface area contributed by atoms with Crippen molar-refractivity contribution in [2.24, 2.45) is 0 Å². The Labute approximate surface area is 151 Å². The molecule has 27 heavy (non-hydrogen) atoms. The van der Waals surface area contributed by atoms with Gasteiger partial charge in [0.2, 0.25) is 0 Å². The Morgan fingerprint density at radius 3 is 2.56 bits per heavy atom. The normalized spacial score (nSPS) is 16.7. The zero-order valence-electron chi connectivity index (χ0n) is 14.0. The largest absolute Gasteiger partial charge is 0.480 e. The highest BCUT2D eigenvalue weighted by atomic mass is 19.4. The van der Waals surface area contributed by atoms with Gasteiger partial charge in [0.15, 0.2) is 5.69 Å². The van der Waals surface area contributed by atoms with Crippen LogP contribution in [0.15, 0.2) is 36.5 Å². The lowest BCUT2D eigenvalue weighted by Crippen LogP contribution is -2.57. The van der Waals surface area contributed by atoms with Crippen LogP contribution >= 0.6 is 0 Å². The Morgan fingerprint density at radius 1 is 1.22 bits per heavy atom. The maximum atomic E-state index is 12.8. The third-order valence-electron chi connectivity index (χ3n) is 4.37. The molecular weight excluding hydrogens is 367 g/mol. The first-order valence-corrected chi connectivity index (χ1v) is 8.08. The molecule has 0 bridgehead atoms. The molecule has 1 aromatic heterocycles. The van der Waals surface area contributed by atoms with E-state index in [1.807, 2.05) is 0 Å². The zero-order valence-corrected chi connectivity index (χ0v) is 14.0. The molecule has 2 heterocycles. The number of rotatable bonds is 4. The third kappa shape index (κ3) is 3.95. The number of alkyl halides is 3. The number of hydrogen-bond donors (Lipinski definition) is 2. The van der Waals surface area contributed by atoms with Gasteiger partial charge in [0.05, 0.1) is 11.3 Å². The van der Waals surface area contributed by atoms with E-state index >= 15 is 0 Å². The van der Waals surface area contributed by atoms with Crippen molar-refractivity contribution in [3.05, 3.63) is 47.8 Å². The number of aliphatic carboxylic acids is 1. The molecule has 0 aliphatic carbocycles. The van der Waals surface area contributed by atoms with Gasteiger partial charge in [-0.15, -0.1) is 0 Å². The van der Waals surface area contributed by atoms with Crippen LogP contribution in [0.3, 0.4) is 0 Å². The standard InChI is InChI=1S/C17H16F3N3O4/c18-17(19,20)11-2-1-3-12(10-11)23-7-4-13(22-23)14(24)21-16(15(25)26)5-8-27-9-6-16/h1-4,7,10H,5-6,8-9H2,(H,21,24)(H,25,26). The first-order chi connectivity index (χ1) is 12.7. The van der Waals surface area contributed by atoms with Crippen LogP contribution in [0.1, 0.15) is 28.9 Å². The number of carboxylic acid groups (broad SMARTS) is 1. The highest BCUT2D eigenvalue weighted by Crippen LogP contribution is 2.30. The van der Waals surface area contributed by atoms with Crippen LogP contribution in [0.25, 0.3) is 5.69 Å². The average Bonchev–Trinajstić information content (AvgIpc) is 3.12. The lowest BCUT2D eigenvalue weighted by molar-refractivity contribution is -0.148. The predicted molar refractivity (Wildman–Crippen MR) is 86.5 cm³/mol. The summed E-state index contributed by atoms with van der Waals surface area (Å²) in [5.74, 6) is -1.89. The second-order valence-corrected chi connectivity index (χ2v) is 6.15. The molecule has 1 saturated heterocycles. The monoisotopic (exact) mass is 383 g/mol. The number of nitrogens with one attached hydrogen (secondary N) is 1. The highest BCUT2D eigenvalue weighted by Gasteiger charge is 2.42. The van der Waals surface area contributed by atoms with E-state index in [0.29, 0.717) is 0 Å². The number of carbonyl (C=O) groups is 2. The molecule has 1 aromatic carbocycles. The number of amides is 1. The van der Waals surface area contributed by atoms with Gasteiger partial charge in [-0.3, -0.25) is 4.79 Å². The first-order valence-electron chi connectivity index (χ1n) is 8.08. The van der Waals surface area contributed by atoms with Crippen molar-refractivity contribution in [2.45, 2.75) is 24.6 Å². The number of nitrogens with zero attached hydrogens (tertiary/aromatic N) is 2. The summed E-state index contributed by atoms with van der Waals surface area (Å²) in [6.45, 7) is 0.399. The molecule has 2 aromatic rings. The molecular formula is C17H16F3N3O4. The van der Waals surface area contributed by atoms with Crippen molar-refractivity contribution < 1.29 is 32.6 Å². The Morgan fingerprint density at radius 2 is 1.93 bits per heavy atom. The molecule has 144 valence electrons. The summed E-state index contributed by atoms with van der Waals surface area (Å²) in [4.78, 5) is 24.0. The van der Waals surface area contributed by atoms with E-state index in [0.717, 1.165) is 16.8 Å². The number of ether oxygens (including phenoxy) is 1. The quantitative estimate of drug-likeness (QED) is 0.845. The minimum Gasteiger partial charge on any atom is -0.480 e. The molecule has 7 nitrogen and oxygen atoms in total. The fourth-order valence-corrected chi connectivity index (χ4v) is 2.81. The van der Waals surface area contributed by atoms with Gasteiger partial charge in [0, 0.05) is 32.3 Å². The molecule has 1 aliphatic heterocycles. The van der Waals surface area contributed by atoms with Crippen LogP contribution in [0.4, 0.5) is 13.2 Å². The van der Waals surface area contributed by atoms with Crippen LogP contribution in [0, 0.1) is 0 Å². The Bertz CT molecular complexity index is 857. The molecule has 0 spiro atoms. The first kappa shape index (κ1) is 18.9. The summed E-state index contributed by atoms with van der Waals surface area (Å²) in [5.41, 5.74) is -2.26. The van der Waals surface area contributed by atoms with Crippen molar-refractivity contribution in [1.29, 1.82) is 0 Å². The maximum Gasteiger partial charge on any atom is 0.416 e. The average molecular weight is 383 g/mol. The van der Waals surface area contributed by atoms with E-state index in [4.69, 9.17) is 4.74 Å². The number of halogens is 3. The molecule has 0 saturated carbocycles. The summed E-state index contributed by atoms with van der Waals surface area (Å²) in [5, 5.41) is 15.9. The smallest absolute Gasteiger partial charge is 0.416 e. The van der Waals surface area contributed by atoms with Gasteiger partial charge in [-0.2, -0.15) is 18.3 Å². The number of aromatic nitrogens is 2. The molecule has 1 aliphatic rings. The van der Waals surface area contributed by atoms with Crippen molar-refractivity contribution in [3.8, 4) is 5.69 Å². The molecule has 10 heteroatoms. The summed E-state index contributed by atoms with van der Waals surface area (Å²) in [6.07, 6.45) is -2.94. The van der Waals surface area contributed by atoms with Crippen LogP contribution in [0.2, 0.25) is 0 Å². The highest BCUT2D eigenvalue weighted by molar-refractivity contribution is 5.96. The van der Waals surface area contributed by atoms with E-state index in [1.165, 1.54) is 24.4 Å². The van der Waals surface area contributed by atoms with Gasteiger partial charge in [-0.05, 0) is 24.3 Å². The molecule has 1 amide bonds. The minimum absolute atomic E-state index is 0.0977. The lowest BCUT2D eigenvalue weighted by atomic mass is 9.90. The number of carboxylic acids is 1. The minimum atomic E-state index is -4.50. The number of carbonyl (C=O) groups excluding carboxylic acids is 1. The zero-order chi connectivity index (χ0) is 19.7. The van der Waals surface area contributed by atoms with Crippen LogP contribution in [-0.2, 0) is 15.7 Å². The molecule has 0 atom stereocenters. The van der Waals surface area contributed by atoms with Gasteiger partial charge in [0.1, 0.15) is 5.54 Å². The van der Waals surface area contributed by atoms with Gasteiger partial charge >= 0.3 is 12.1 Å². The Hall–Kier alpha value is -2.88. The van der Waals surface area contributed by atoms with Crippen LogP contribution in [-0.4, -0.2) is 45.5 Å². The number of benzene rings is 1. The second kappa shape index (κ2) is 7.03. The maximum absolute atomic E-state index is 12.8. The van der Waals surface area contributed by atoms with E-state index in [1.54, 1.807) is 0 Å². The predicted octanol–water partition coefficient (Wildman–Crippen LogP) is 2.25.